The number of thiophene rings is 1. The summed E-state index contributed by atoms with van der Waals surface area (Å²) in [6.45, 7) is 9.41. The molecule has 0 aliphatic heterocycles. The number of amides is 1. The number of nitrogens with one attached hydrogen (secondary N) is 1. The van der Waals surface area contributed by atoms with Gasteiger partial charge in [0.05, 0.1) is 25.7 Å². The summed E-state index contributed by atoms with van der Waals surface area (Å²) in [5, 5.41) is 3.60. The summed E-state index contributed by atoms with van der Waals surface area (Å²) in [6, 6.07) is 7.52. The van der Waals surface area contributed by atoms with E-state index in [0.717, 1.165) is 42.6 Å². The second-order valence-electron chi connectivity index (χ2n) is 8.78. The van der Waals surface area contributed by atoms with E-state index in [1.54, 1.807) is 0 Å². The second kappa shape index (κ2) is 9.86. The monoisotopic (exact) mass is 443 g/mol. The van der Waals surface area contributed by atoms with Crippen molar-refractivity contribution in [2.24, 2.45) is 11.3 Å². The highest BCUT2D eigenvalue weighted by atomic mass is 32.1. The highest BCUT2D eigenvalue weighted by Gasteiger charge is 2.35. The van der Waals surface area contributed by atoms with E-state index in [2.05, 4.69) is 26.1 Å². The second-order valence-corrected chi connectivity index (χ2v) is 9.89. The number of benzene rings is 1. The fourth-order valence-electron chi connectivity index (χ4n) is 4.17. The average Bonchev–Trinajstić information content (AvgIpc) is 3.11. The first kappa shape index (κ1) is 23.3. The van der Waals surface area contributed by atoms with E-state index in [1.165, 1.54) is 23.3 Å². The zero-order valence-electron chi connectivity index (χ0n) is 19.2. The third kappa shape index (κ3) is 5.29. The molecule has 1 aromatic carbocycles. The van der Waals surface area contributed by atoms with Crippen LogP contribution in [-0.4, -0.2) is 25.6 Å². The molecule has 1 aromatic heterocycles. The topological polar surface area (TPSA) is 64.6 Å². The minimum atomic E-state index is -0.373. The molecular formula is C25H33NO4S. The van der Waals surface area contributed by atoms with Crippen LogP contribution in [0.15, 0.2) is 24.3 Å². The van der Waals surface area contributed by atoms with E-state index in [0.29, 0.717) is 23.1 Å². The summed E-state index contributed by atoms with van der Waals surface area (Å²) in [5.74, 6) is 0.845. The Morgan fingerprint density at radius 1 is 1.19 bits per heavy atom. The van der Waals surface area contributed by atoms with Gasteiger partial charge in [-0.2, -0.15) is 0 Å². The van der Waals surface area contributed by atoms with E-state index >= 15 is 0 Å². The van der Waals surface area contributed by atoms with Crippen LogP contribution in [0.1, 0.15) is 66.9 Å². The van der Waals surface area contributed by atoms with Crippen LogP contribution in [0, 0.1) is 11.3 Å². The third-order valence-electron chi connectivity index (χ3n) is 6.52. The van der Waals surface area contributed by atoms with Crippen LogP contribution in [0.4, 0.5) is 5.00 Å². The third-order valence-corrected chi connectivity index (χ3v) is 7.69. The van der Waals surface area contributed by atoms with Gasteiger partial charge in [-0.3, -0.25) is 4.79 Å². The summed E-state index contributed by atoms with van der Waals surface area (Å²) in [6.07, 6.45) is 4.20. The quantitative estimate of drug-likeness (QED) is 0.535. The van der Waals surface area contributed by atoms with Gasteiger partial charge in [0.15, 0.2) is 0 Å². The fraction of sp³-hybridized carbons (Fsp3) is 0.520. The van der Waals surface area contributed by atoms with Crippen molar-refractivity contribution < 1.29 is 19.1 Å². The average molecular weight is 444 g/mol. The fourth-order valence-corrected chi connectivity index (χ4v) is 5.51. The van der Waals surface area contributed by atoms with E-state index in [9.17, 15) is 9.59 Å². The lowest BCUT2D eigenvalue weighted by Gasteiger charge is -2.36. The molecule has 31 heavy (non-hydrogen) atoms. The van der Waals surface area contributed by atoms with E-state index in [-0.39, 0.29) is 23.7 Å². The Kier molecular flexibility index (Phi) is 7.42. The maximum atomic E-state index is 12.8. The number of hydrogen-bond acceptors (Lipinski definition) is 5. The molecule has 0 radical (unpaired) electrons. The van der Waals surface area contributed by atoms with Gasteiger partial charge < -0.3 is 14.8 Å². The molecule has 5 nitrogen and oxygen atoms in total. The smallest absolute Gasteiger partial charge is 0.341 e. The van der Waals surface area contributed by atoms with Crippen molar-refractivity contribution in [1.29, 1.82) is 0 Å². The lowest BCUT2D eigenvalue weighted by molar-refractivity contribution is -0.115. The molecule has 1 aliphatic carbocycles. The van der Waals surface area contributed by atoms with Crippen molar-refractivity contribution in [3.63, 3.8) is 0 Å². The number of methoxy groups -OCH3 is 1. The first-order valence-electron chi connectivity index (χ1n) is 11.0. The van der Waals surface area contributed by atoms with Gasteiger partial charge in [0.25, 0.3) is 0 Å². The SMILES string of the molecule is CCOc1ccc(CC(=O)Nc2sc3c(c2C(=O)OC)CCC(C(C)(C)CC)C3)cc1. The molecule has 6 heteroatoms. The van der Waals surface area contributed by atoms with E-state index < -0.39 is 0 Å². The van der Waals surface area contributed by atoms with Gasteiger partial charge in [0.1, 0.15) is 10.8 Å². The van der Waals surface area contributed by atoms with Crippen molar-refractivity contribution in [3.8, 4) is 5.75 Å². The van der Waals surface area contributed by atoms with Gasteiger partial charge in [0, 0.05) is 4.88 Å². The highest BCUT2D eigenvalue weighted by Crippen LogP contribution is 2.45. The molecule has 1 aliphatic rings. The van der Waals surface area contributed by atoms with Crippen molar-refractivity contribution in [3.05, 3.63) is 45.8 Å². The van der Waals surface area contributed by atoms with Crippen LogP contribution in [-0.2, 0) is 28.8 Å². The van der Waals surface area contributed by atoms with E-state index in [1.807, 2.05) is 31.2 Å². The number of rotatable bonds is 8. The molecule has 0 fully saturated rings. The molecule has 0 saturated carbocycles. The predicted octanol–water partition coefficient (Wildman–Crippen LogP) is 5.66. The molecule has 1 unspecified atom stereocenters. The number of carbonyl (C=O) groups is 2. The number of anilines is 1. The molecule has 3 rings (SSSR count). The normalized spacial score (nSPS) is 15.8. The summed E-state index contributed by atoms with van der Waals surface area (Å²) in [4.78, 5) is 26.5. The van der Waals surface area contributed by atoms with Gasteiger partial charge in [-0.1, -0.05) is 39.3 Å². The van der Waals surface area contributed by atoms with Gasteiger partial charge in [-0.05, 0) is 60.8 Å². The molecule has 0 bridgehead atoms. The number of hydrogen-bond donors (Lipinski definition) is 1. The largest absolute Gasteiger partial charge is 0.494 e. The molecule has 0 spiro atoms. The van der Waals surface area contributed by atoms with E-state index in [4.69, 9.17) is 9.47 Å². The number of carbonyl (C=O) groups excluding carboxylic acids is 2. The van der Waals surface area contributed by atoms with Crippen LogP contribution in [0.2, 0.25) is 0 Å². The molecule has 1 heterocycles. The van der Waals surface area contributed by atoms with Crippen molar-refractivity contribution in [2.75, 3.05) is 19.0 Å². The van der Waals surface area contributed by atoms with Crippen LogP contribution in [0.25, 0.3) is 0 Å². The lowest BCUT2D eigenvalue weighted by Crippen LogP contribution is -2.28. The molecule has 1 amide bonds. The van der Waals surface area contributed by atoms with Gasteiger partial charge in [-0.15, -0.1) is 11.3 Å². The number of esters is 1. The van der Waals surface area contributed by atoms with Gasteiger partial charge >= 0.3 is 5.97 Å². The lowest BCUT2D eigenvalue weighted by atomic mass is 9.69. The Labute approximate surface area is 189 Å². The molecular weight excluding hydrogens is 410 g/mol. The van der Waals surface area contributed by atoms with Crippen LogP contribution in [0.5, 0.6) is 5.75 Å². The molecule has 1 atom stereocenters. The zero-order valence-corrected chi connectivity index (χ0v) is 20.0. The first-order chi connectivity index (χ1) is 14.8. The van der Waals surface area contributed by atoms with Crippen molar-refractivity contribution in [1.82, 2.24) is 0 Å². The summed E-state index contributed by atoms with van der Waals surface area (Å²) < 4.78 is 10.5. The first-order valence-corrected chi connectivity index (χ1v) is 11.8. The molecule has 168 valence electrons. The minimum Gasteiger partial charge on any atom is -0.494 e. The Hall–Kier alpha value is -2.34. The Morgan fingerprint density at radius 3 is 2.52 bits per heavy atom. The molecule has 2 aromatic rings. The summed E-state index contributed by atoms with van der Waals surface area (Å²) >= 11 is 1.53. The van der Waals surface area contributed by atoms with Gasteiger partial charge in [0.2, 0.25) is 5.91 Å². The Bertz CT molecular complexity index is 930. The number of ether oxygens (including phenoxy) is 2. The maximum Gasteiger partial charge on any atom is 0.341 e. The zero-order chi connectivity index (χ0) is 22.6. The van der Waals surface area contributed by atoms with Crippen molar-refractivity contribution in [2.45, 2.75) is 59.8 Å². The minimum absolute atomic E-state index is 0.140. The maximum absolute atomic E-state index is 12.8. The van der Waals surface area contributed by atoms with Crippen LogP contribution < -0.4 is 10.1 Å². The Balaban J connectivity index is 1.79. The van der Waals surface area contributed by atoms with Crippen LogP contribution >= 0.6 is 11.3 Å². The summed E-state index contributed by atoms with van der Waals surface area (Å²) in [5.41, 5.74) is 2.74. The molecule has 0 saturated heterocycles. The van der Waals surface area contributed by atoms with Crippen molar-refractivity contribution >= 4 is 28.2 Å². The standard InChI is InChI=1S/C25H33NO4S/c1-6-25(3,4)17-10-13-19-20(15-17)31-23(22(19)24(28)29-5)26-21(27)14-16-8-11-18(12-9-16)30-7-2/h8-9,11-12,17H,6-7,10,13-15H2,1-5H3,(H,26,27). The molecule has 1 N–H and O–H groups in total. The summed E-state index contributed by atoms with van der Waals surface area (Å²) in [7, 11) is 1.39. The Morgan fingerprint density at radius 2 is 1.90 bits per heavy atom. The highest BCUT2D eigenvalue weighted by molar-refractivity contribution is 7.17. The number of fused-ring (bicyclic) bond motifs is 1. The predicted molar refractivity (Wildman–Crippen MR) is 125 cm³/mol. The van der Waals surface area contributed by atoms with Crippen LogP contribution in [0.3, 0.4) is 0 Å². The van der Waals surface area contributed by atoms with Gasteiger partial charge in [-0.25, -0.2) is 4.79 Å².